The summed E-state index contributed by atoms with van der Waals surface area (Å²) in [6.07, 6.45) is 9.08. The van der Waals surface area contributed by atoms with Gasteiger partial charge in [-0.15, -0.1) is 0 Å². The lowest BCUT2D eigenvalue weighted by atomic mass is 9.94. The topological polar surface area (TPSA) is 9.23 Å². The van der Waals surface area contributed by atoms with E-state index < -0.39 is 0 Å². The minimum absolute atomic E-state index is 0.909. The molecule has 0 fully saturated rings. The number of ether oxygens (including phenoxy) is 1. The molecule has 0 bridgehead atoms. The van der Waals surface area contributed by atoms with Crippen molar-refractivity contribution in [3.8, 4) is 0 Å². The van der Waals surface area contributed by atoms with Gasteiger partial charge >= 0.3 is 0 Å². The van der Waals surface area contributed by atoms with E-state index in [2.05, 4.69) is 19.6 Å². The van der Waals surface area contributed by atoms with Gasteiger partial charge in [0.05, 0.1) is 0 Å². The van der Waals surface area contributed by atoms with Crippen LogP contribution in [0, 0.1) is 0 Å². The Balaban J connectivity index is 2.44. The molecule has 1 aliphatic heterocycles. The molecule has 72 valence electrons. The van der Waals surface area contributed by atoms with Gasteiger partial charge in [-0.2, -0.15) is 0 Å². The molecule has 2 aliphatic rings. The lowest BCUT2D eigenvalue weighted by Gasteiger charge is -2.22. The lowest BCUT2D eigenvalue weighted by molar-refractivity contribution is 0.308. The number of rotatable bonds is 0. The summed E-state index contributed by atoms with van der Waals surface area (Å²) in [5, 5.41) is 0. The summed E-state index contributed by atoms with van der Waals surface area (Å²) in [5.41, 5.74) is 3.48. The Morgan fingerprint density at radius 2 is 2.07 bits per heavy atom. The van der Waals surface area contributed by atoms with Gasteiger partial charge in [0.25, 0.3) is 0 Å². The number of allylic oxidation sites excluding steroid dienone is 8. The van der Waals surface area contributed by atoms with E-state index in [1.807, 2.05) is 25.2 Å². The monoisotopic (exact) mass is 186 g/mol. The molecule has 0 saturated heterocycles. The van der Waals surface area contributed by atoms with Crippen molar-refractivity contribution in [1.82, 2.24) is 0 Å². The maximum Gasteiger partial charge on any atom is 0.131 e. The predicted molar refractivity (Wildman–Crippen MR) is 58.5 cm³/mol. The molecular formula is C13H14O. The Bertz CT molecular complexity index is 403. The first-order valence-electron chi connectivity index (χ1n) is 4.81. The summed E-state index contributed by atoms with van der Waals surface area (Å²) >= 11 is 0. The molecule has 0 N–H and O–H groups in total. The average molecular weight is 186 g/mol. The molecule has 0 amide bonds. The van der Waals surface area contributed by atoms with Gasteiger partial charge in [0.2, 0.25) is 0 Å². The first-order chi connectivity index (χ1) is 6.70. The largest absolute Gasteiger partial charge is 0.461 e. The fourth-order valence-electron chi connectivity index (χ4n) is 1.66. The van der Waals surface area contributed by atoms with Crippen LogP contribution in [-0.2, 0) is 4.74 Å². The number of hydrogen-bond donors (Lipinski definition) is 0. The van der Waals surface area contributed by atoms with Crippen molar-refractivity contribution in [3.63, 3.8) is 0 Å². The highest BCUT2D eigenvalue weighted by molar-refractivity contribution is 5.52. The van der Waals surface area contributed by atoms with Crippen molar-refractivity contribution >= 4 is 0 Å². The highest BCUT2D eigenvalue weighted by Crippen LogP contribution is 2.34. The van der Waals surface area contributed by atoms with E-state index in [1.54, 1.807) is 0 Å². The Morgan fingerprint density at radius 1 is 1.29 bits per heavy atom. The summed E-state index contributed by atoms with van der Waals surface area (Å²) in [5.74, 6) is 1.91. The fraction of sp³-hybridized carbons (Fsp3) is 0.231. The average Bonchev–Trinajstić information content (AvgIpc) is 2.39. The second-order valence-corrected chi connectivity index (χ2v) is 3.60. The van der Waals surface area contributed by atoms with E-state index in [0.717, 1.165) is 29.1 Å². The third kappa shape index (κ3) is 1.35. The normalized spacial score (nSPS) is 20.9. The van der Waals surface area contributed by atoms with Gasteiger partial charge in [-0.3, -0.25) is 0 Å². The van der Waals surface area contributed by atoms with E-state index in [1.165, 1.54) is 5.57 Å². The molecule has 0 aromatic heterocycles. The third-order valence-electron chi connectivity index (χ3n) is 2.72. The van der Waals surface area contributed by atoms with Crippen molar-refractivity contribution in [1.29, 1.82) is 0 Å². The van der Waals surface area contributed by atoms with E-state index >= 15 is 0 Å². The quantitative estimate of drug-likeness (QED) is 0.561. The molecule has 1 aliphatic carbocycles. The molecule has 1 heteroatoms. The van der Waals surface area contributed by atoms with Crippen LogP contribution >= 0.6 is 0 Å². The van der Waals surface area contributed by atoms with E-state index in [-0.39, 0.29) is 0 Å². The third-order valence-corrected chi connectivity index (χ3v) is 2.72. The number of hydrogen-bond acceptors (Lipinski definition) is 1. The summed E-state index contributed by atoms with van der Waals surface area (Å²) in [7, 11) is 0. The van der Waals surface area contributed by atoms with Crippen LogP contribution in [0.2, 0.25) is 0 Å². The second-order valence-electron chi connectivity index (χ2n) is 3.60. The summed E-state index contributed by atoms with van der Waals surface area (Å²) in [6.45, 7) is 8.15. The van der Waals surface area contributed by atoms with Crippen molar-refractivity contribution in [2.75, 3.05) is 0 Å². The van der Waals surface area contributed by atoms with Gasteiger partial charge in [-0.25, -0.2) is 0 Å². The molecule has 14 heavy (non-hydrogen) atoms. The predicted octanol–water partition coefficient (Wildman–Crippen LogP) is 3.64. The summed E-state index contributed by atoms with van der Waals surface area (Å²) in [4.78, 5) is 0. The second kappa shape index (κ2) is 3.33. The first kappa shape index (κ1) is 9.07. The molecule has 0 radical (unpaired) electrons. The first-order valence-corrected chi connectivity index (χ1v) is 4.81. The van der Waals surface area contributed by atoms with Crippen LogP contribution in [-0.4, -0.2) is 0 Å². The Labute approximate surface area is 84.8 Å². The van der Waals surface area contributed by atoms with Crippen molar-refractivity contribution in [2.45, 2.75) is 20.3 Å². The molecule has 0 aromatic rings. The molecule has 0 saturated carbocycles. The zero-order valence-corrected chi connectivity index (χ0v) is 8.63. The van der Waals surface area contributed by atoms with Crippen LogP contribution in [0.25, 0.3) is 0 Å². The molecular weight excluding hydrogens is 172 g/mol. The van der Waals surface area contributed by atoms with Gasteiger partial charge in [0.1, 0.15) is 11.5 Å². The van der Waals surface area contributed by atoms with E-state index in [0.29, 0.717) is 0 Å². The molecule has 0 aromatic carbocycles. The highest BCUT2D eigenvalue weighted by Gasteiger charge is 2.19. The smallest absolute Gasteiger partial charge is 0.131 e. The lowest BCUT2D eigenvalue weighted by Crippen LogP contribution is -2.06. The van der Waals surface area contributed by atoms with E-state index in [9.17, 15) is 0 Å². The molecule has 0 unspecified atom stereocenters. The summed E-state index contributed by atoms with van der Waals surface area (Å²) in [6, 6.07) is 0. The zero-order valence-electron chi connectivity index (χ0n) is 8.63. The van der Waals surface area contributed by atoms with Crippen LogP contribution < -0.4 is 0 Å². The molecule has 2 rings (SSSR count). The van der Waals surface area contributed by atoms with Gasteiger partial charge in [0, 0.05) is 5.57 Å². The Morgan fingerprint density at radius 3 is 2.86 bits per heavy atom. The standard InChI is InChI=1S/C13H14O/c1-9-10(2)12-7-5-4-6-8-13(12)14-11(9)3/h4-6,8H,2,7H2,1,3H3. The van der Waals surface area contributed by atoms with Gasteiger partial charge in [0.15, 0.2) is 0 Å². The van der Waals surface area contributed by atoms with Crippen molar-refractivity contribution in [2.24, 2.45) is 0 Å². The minimum Gasteiger partial charge on any atom is -0.461 e. The fourth-order valence-corrected chi connectivity index (χ4v) is 1.66. The molecule has 1 nitrogen and oxygen atoms in total. The van der Waals surface area contributed by atoms with Gasteiger partial charge < -0.3 is 4.74 Å². The summed E-state index contributed by atoms with van der Waals surface area (Å²) < 4.78 is 5.72. The molecule has 0 atom stereocenters. The maximum absolute atomic E-state index is 5.72. The zero-order chi connectivity index (χ0) is 10.1. The molecule has 1 heterocycles. The highest BCUT2D eigenvalue weighted by atomic mass is 16.5. The maximum atomic E-state index is 5.72. The van der Waals surface area contributed by atoms with Crippen LogP contribution in [0.5, 0.6) is 0 Å². The van der Waals surface area contributed by atoms with Crippen molar-refractivity contribution in [3.05, 3.63) is 59.1 Å². The van der Waals surface area contributed by atoms with Crippen LogP contribution in [0.15, 0.2) is 59.1 Å². The van der Waals surface area contributed by atoms with Gasteiger partial charge in [-0.05, 0) is 37.5 Å². The SMILES string of the molecule is C=C1C(C)=C(C)OC2=C1CC=CC=C2. The van der Waals surface area contributed by atoms with Crippen LogP contribution in [0.3, 0.4) is 0 Å². The van der Waals surface area contributed by atoms with E-state index in [4.69, 9.17) is 4.74 Å². The molecule has 0 spiro atoms. The minimum atomic E-state index is 0.909. The van der Waals surface area contributed by atoms with Crippen LogP contribution in [0.1, 0.15) is 20.3 Å². The Kier molecular flexibility index (Phi) is 2.16. The van der Waals surface area contributed by atoms with Crippen molar-refractivity contribution < 1.29 is 4.74 Å². The Hall–Kier alpha value is -1.50. The van der Waals surface area contributed by atoms with Crippen LogP contribution in [0.4, 0.5) is 0 Å². The van der Waals surface area contributed by atoms with Gasteiger partial charge in [-0.1, -0.05) is 24.8 Å².